The average molecular weight is 416 g/mol. The van der Waals surface area contributed by atoms with Crippen LogP contribution in [0.25, 0.3) is 0 Å². The van der Waals surface area contributed by atoms with Crippen molar-refractivity contribution < 1.29 is 9.53 Å². The number of rotatable bonds is 7. The van der Waals surface area contributed by atoms with Crippen LogP contribution in [0.15, 0.2) is 30.3 Å². The molecule has 3 aliphatic rings. The molecule has 0 radical (unpaired) electrons. The molecule has 3 fully saturated rings. The lowest BCUT2D eigenvalue weighted by Gasteiger charge is -2.33. The predicted molar refractivity (Wildman–Crippen MR) is 119 cm³/mol. The molecule has 0 saturated carbocycles. The summed E-state index contributed by atoms with van der Waals surface area (Å²) in [4.78, 5) is 20.0. The van der Waals surface area contributed by atoms with Gasteiger partial charge in [-0.25, -0.2) is 4.79 Å². The van der Waals surface area contributed by atoms with Gasteiger partial charge in [-0.1, -0.05) is 30.3 Å². The number of piperidine rings is 1. The Kier molecular flexibility index (Phi) is 7.97. The number of hydrogen-bond acceptors (Lipinski definition) is 5. The van der Waals surface area contributed by atoms with E-state index < -0.39 is 0 Å². The molecule has 2 atom stereocenters. The predicted octanol–water partition coefficient (Wildman–Crippen LogP) is 1.36. The first-order chi connectivity index (χ1) is 14.7. The van der Waals surface area contributed by atoms with Crippen LogP contribution < -0.4 is 10.6 Å². The van der Waals surface area contributed by atoms with Crippen molar-refractivity contribution in [3.8, 4) is 0 Å². The lowest BCUT2D eigenvalue weighted by atomic mass is 10.0. The monoisotopic (exact) mass is 415 g/mol. The molecule has 3 saturated heterocycles. The van der Waals surface area contributed by atoms with Gasteiger partial charge in [-0.15, -0.1) is 0 Å². The first-order valence-corrected chi connectivity index (χ1v) is 11.6. The zero-order valence-corrected chi connectivity index (χ0v) is 18.1. The standard InChI is InChI=1S/C23H37N5O2/c29-23(24-21-7-4-9-28(19-21)17-20-5-2-1-3-6-20)25-22-8-10-27(18-22)12-11-26-13-15-30-16-14-26/h1-3,5-6,21-22H,4,7-19H2,(H2,24,25,29). The molecule has 0 spiro atoms. The van der Waals surface area contributed by atoms with Crippen molar-refractivity contribution in [2.24, 2.45) is 0 Å². The maximum Gasteiger partial charge on any atom is 0.315 e. The van der Waals surface area contributed by atoms with E-state index in [1.165, 1.54) is 5.56 Å². The highest BCUT2D eigenvalue weighted by Crippen LogP contribution is 2.14. The van der Waals surface area contributed by atoms with Gasteiger partial charge < -0.3 is 15.4 Å². The van der Waals surface area contributed by atoms with Crippen LogP contribution in [0.3, 0.4) is 0 Å². The zero-order valence-electron chi connectivity index (χ0n) is 18.1. The van der Waals surface area contributed by atoms with E-state index in [4.69, 9.17) is 4.74 Å². The van der Waals surface area contributed by atoms with Crippen LogP contribution in [0, 0.1) is 0 Å². The van der Waals surface area contributed by atoms with Gasteiger partial charge in [0.1, 0.15) is 0 Å². The topological polar surface area (TPSA) is 60.1 Å². The molecular formula is C23H37N5O2. The maximum atomic E-state index is 12.6. The fraction of sp³-hybridized carbons (Fsp3) is 0.696. The Hall–Kier alpha value is -1.67. The number of morpholine rings is 1. The highest BCUT2D eigenvalue weighted by atomic mass is 16.5. The summed E-state index contributed by atoms with van der Waals surface area (Å²) in [5, 5.41) is 6.44. The summed E-state index contributed by atoms with van der Waals surface area (Å²) in [6.07, 6.45) is 3.24. The number of amides is 2. The number of hydrogen-bond donors (Lipinski definition) is 2. The van der Waals surface area contributed by atoms with E-state index in [0.29, 0.717) is 0 Å². The van der Waals surface area contributed by atoms with Crippen LogP contribution in [-0.4, -0.2) is 98.4 Å². The fourth-order valence-electron chi connectivity index (χ4n) is 4.83. The van der Waals surface area contributed by atoms with Crippen molar-refractivity contribution in [1.29, 1.82) is 0 Å². The van der Waals surface area contributed by atoms with Gasteiger partial charge in [-0.05, 0) is 31.4 Å². The second-order valence-electron chi connectivity index (χ2n) is 8.92. The minimum Gasteiger partial charge on any atom is -0.379 e. The largest absolute Gasteiger partial charge is 0.379 e. The third-order valence-corrected chi connectivity index (χ3v) is 6.53. The number of nitrogens with one attached hydrogen (secondary N) is 2. The second-order valence-corrected chi connectivity index (χ2v) is 8.92. The molecule has 3 heterocycles. The van der Waals surface area contributed by atoms with Gasteiger partial charge in [-0.3, -0.25) is 14.7 Å². The van der Waals surface area contributed by atoms with Crippen molar-refractivity contribution in [3.63, 3.8) is 0 Å². The van der Waals surface area contributed by atoms with Crippen molar-refractivity contribution in [2.45, 2.75) is 37.9 Å². The number of likely N-dealkylation sites (tertiary alicyclic amines) is 2. The van der Waals surface area contributed by atoms with Gasteiger partial charge in [-0.2, -0.15) is 0 Å². The molecule has 0 aromatic heterocycles. The summed E-state index contributed by atoms with van der Waals surface area (Å²) in [7, 11) is 0. The van der Waals surface area contributed by atoms with E-state index >= 15 is 0 Å². The van der Waals surface area contributed by atoms with Crippen LogP contribution in [0.4, 0.5) is 4.79 Å². The van der Waals surface area contributed by atoms with Gasteiger partial charge in [0.2, 0.25) is 0 Å². The van der Waals surface area contributed by atoms with Crippen LogP contribution in [0.2, 0.25) is 0 Å². The Balaban J connectivity index is 1.14. The number of ether oxygens (including phenoxy) is 1. The molecule has 0 bridgehead atoms. The van der Waals surface area contributed by atoms with E-state index in [-0.39, 0.29) is 18.1 Å². The van der Waals surface area contributed by atoms with Gasteiger partial charge >= 0.3 is 6.03 Å². The highest BCUT2D eigenvalue weighted by Gasteiger charge is 2.26. The van der Waals surface area contributed by atoms with Crippen LogP contribution in [-0.2, 0) is 11.3 Å². The van der Waals surface area contributed by atoms with Crippen molar-refractivity contribution in [3.05, 3.63) is 35.9 Å². The van der Waals surface area contributed by atoms with Gasteiger partial charge in [0.15, 0.2) is 0 Å². The molecule has 30 heavy (non-hydrogen) atoms. The first-order valence-electron chi connectivity index (χ1n) is 11.6. The summed E-state index contributed by atoms with van der Waals surface area (Å²) >= 11 is 0. The Morgan fingerprint density at radius 2 is 1.57 bits per heavy atom. The minimum absolute atomic E-state index is 0.00147. The quantitative estimate of drug-likeness (QED) is 0.704. The summed E-state index contributed by atoms with van der Waals surface area (Å²) in [5.41, 5.74) is 1.34. The Morgan fingerprint density at radius 3 is 2.37 bits per heavy atom. The Morgan fingerprint density at radius 1 is 0.867 bits per heavy atom. The third kappa shape index (κ3) is 6.67. The Labute approximate surface area is 180 Å². The van der Waals surface area contributed by atoms with Gasteiger partial charge in [0, 0.05) is 64.4 Å². The minimum atomic E-state index is 0.00147. The van der Waals surface area contributed by atoms with E-state index in [1.54, 1.807) is 0 Å². The molecule has 2 N–H and O–H groups in total. The smallest absolute Gasteiger partial charge is 0.315 e. The highest BCUT2D eigenvalue weighted by molar-refractivity contribution is 5.74. The summed E-state index contributed by atoms with van der Waals surface area (Å²) in [6.45, 7) is 11.0. The maximum absolute atomic E-state index is 12.6. The lowest BCUT2D eigenvalue weighted by Crippen LogP contribution is -2.52. The van der Waals surface area contributed by atoms with Gasteiger partial charge in [0.05, 0.1) is 13.2 Å². The number of carbonyl (C=O) groups excluding carboxylic acids is 1. The van der Waals surface area contributed by atoms with E-state index in [2.05, 4.69) is 55.7 Å². The van der Waals surface area contributed by atoms with E-state index in [9.17, 15) is 4.79 Å². The summed E-state index contributed by atoms with van der Waals surface area (Å²) in [5.74, 6) is 0. The van der Waals surface area contributed by atoms with Crippen LogP contribution in [0.1, 0.15) is 24.8 Å². The number of nitrogens with zero attached hydrogens (tertiary/aromatic N) is 3. The molecule has 3 aliphatic heterocycles. The normalized spacial score (nSPS) is 26.5. The van der Waals surface area contributed by atoms with Crippen molar-refractivity contribution >= 4 is 6.03 Å². The number of carbonyl (C=O) groups is 1. The second kappa shape index (κ2) is 11.1. The molecule has 0 aliphatic carbocycles. The fourth-order valence-corrected chi connectivity index (χ4v) is 4.83. The Bertz CT molecular complexity index is 652. The van der Waals surface area contributed by atoms with Crippen molar-refractivity contribution in [1.82, 2.24) is 25.3 Å². The van der Waals surface area contributed by atoms with Gasteiger partial charge in [0.25, 0.3) is 0 Å². The first kappa shape index (κ1) is 21.6. The SMILES string of the molecule is O=C(NC1CCN(CCN2CCOCC2)C1)NC1CCCN(Cc2ccccc2)C1. The average Bonchev–Trinajstić information content (AvgIpc) is 3.21. The van der Waals surface area contributed by atoms with E-state index in [0.717, 1.165) is 91.4 Å². The van der Waals surface area contributed by atoms with E-state index in [1.807, 2.05) is 0 Å². The summed E-state index contributed by atoms with van der Waals surface area (Å²) < 4.78 is 5.42. The molecule has 7 nitrogen and oxygen atoms in total. The number of urea groups is 1. The zero-order chi connectivity index (χ0) is 20.6. The molecule has 2 unspecified atom stereocenters. The summed E-state index contributed by atoms with van der Waals surface area (Å²) in [6, 6.07) is 11.1. The third-order valence-electron chi connectivity index (χ3n) is 6.53. The van der Waals surface area contributed by atoms with Crippen molar-refractivity contribution in [2.75, 3.05) is 65.6 Å². The molecule has 4 rings (SSSR count). The molecule has 2 amide bonds. The molecule has 166 valence electrons. The molecule has 1 aromatic carbocycles. The molecule has 1 aromatic rings. The molecular weight excluding hydrogens is 378 g/mol. The molecule has 7 heteroatoms. The van der Waals surface area contributed by atoms with Crippen LogP contribution >= 0.6 is 0 Å². The number of benzene rings is 1. The lowest BCUT2D eigenvalue weighted by molar-refractivity contribution is 0.0343. The van der Waals surface area contributed by atoms with Crippen LogP contribution in [0.5, 0.6) is 0 Å².